The molecule has 1 saturated carbocycles. The van der Waals surface area contributed by atoms with Crippen molar-refractivity contribution in [1.82, 2.24) is 4.98 Å². The second-order valence-corrected chi connectivity index (χ2v) is 6.74. The third-order valence-corrected chi connectivity index (χ3v) is 5.45. The summed E-state index contributed by atoms with van der Waals surface area (Å²) in [5.41, 5.74) is 0.604. The van der Waals surface area contributed by atoms with Crippen molar-refractivity contribution in [3.63, 3.8) is 0 Å². The zero-order chi connectivity index (χ0) is 13.1. The molecule has 1 heterocycles. The number of anilines is 1. The Labute approximate surface area is 115 Å². The molecule has 0 aliphatic heterocycles. The fourth-order valence-electron chi connectivity index (χ4n) is 2.32. The van der Waals surface area contributed by atoms with Gasteiger partial charge in [0.15, 0.2) is 5.13 Å². The average molecular weight is 286 g/mol. The van der Waals surface area contributed by atoms with Crippen LogP contribution in [0, 0.1) is 6.92 Å². The van der Waals surface area contributed by atoms with Crippen LogP contribution < -0.4 is 5.32 Å². The van der Waals surface area contributed by atoms with E-state index < -0.39 is 5.97 Å². The largest absolute Gasteiger partial charge is 0.477 e. The summed E-state index contributed by atoms with van der Waals surface area (Å²) in [6, 6.07) is 0.434. The van der Waals surface area contributed by atoms with Crippen LogP contribution in [0.4, 0.5) is 5.13 Å². The van der Waals surface area contributed by atoms with Gasteiger partial charge < -0.3 is 10.4 Å². The highest BCUT2D eigenvalue weighted by Gasteiger charge is 2.23. The molecule has 1 aliphatic rings. The Morgan fingerprint density at radius 2 is 2.33 bits per heavy atom. The van der Waals surface area contributed by atoms with E-state index in [4.69, 9.17) is 5.11 Å². The number of carboxylic acids is 1. The summed E-state index contributed by atoms with van der Waals surface area (Å²) < 4.78 is 0. The zero-order valence-corrected chi connectivity index (χ0v) is 12.2. The molecule has 18 heavy (non-hydrogen) atoms. The molecule has 0 aromatic carbocycles. The summed E-state index contributed by atoms with van der Waals surface area (Å²) >= 11 is 3.16. The lowest BCUT2D eigenvalue weighted by Gasteiger charge is -2.28. The number of aromatic nitrogens is 1. The van der Waals surface area contributed by atoms with Gasteiger partial charge in [-0.15, -0.1) is 0 Å². The van der Waals surface area contributed by atoms with Gasteiger partial charge >= 0.3 is 5.97 Å². The van der Waals surface area contributed by atoms with Crippen LogP contribution in [0.25, 0.3) is 0 Å². The first kappa shape index (κ1) is 13.7. The second kappa shape index (κ2) is 5.93. The minimum Gasteiger partial charge on any atom is -0.477 e. The molecule has 2 rings (SSSR count). The predicted octanol–water partition coefficient (Wildman–Crippen LogP) is 3.24. The lowest BCUT2D eigenvalue weighted by molar-refractivity contribution is 0.0701. The molecule has 0 saturated heterocycles. The summed E-state index contributed by atoms with van der Waals surface area (Å²) in [6.07, 6.45) is 6.97. The fraction of sp³-hybridized carbons (Fsp3) is 0.667. The Hall–Kier alpha value is -0.750. The fourth-order valence-corrected chi connectivity index (χ4v) is 4.03. The Bertz CT molecular complexity index is 434. The number of hydrogen-bond donors (Lipinski definition) is 2. The third kappa shape index (κ3) is 3.17. The molecule has 4 nitrogen and oxygen atoms in total. The number of rotatable bonds is 4. The molecule has 0 radical (unpaired) electrons. The van der Waals surface area contributed by atoms with Gasteiger partial charge in [-0.25, -0.2) is 9.78 Å². The Kier molecular flexibility index (Phi) is 4.50. The monoisotopic (exact) mass is 286 g/mol. The number of thioether (sulfide) groups is 1. The number of nitrogens with zero attached hydrogens (tertiary/aromatic N) is 1. The minimum absolute atomic E-state index is 0.342. The quantitative estimate of drug-likeness (QED) is 0.889. The summed E-state index contributed by atoms with van der Waals surface area (Å²) in [4.78, 5) is 15.6. The van der Waals surface area contributed by atoms with E-state index in [0.717, 1.165) is 23.2 Å². The molecule has 2 atom stereocenters. The number of carboxylic acid groups (broad SMARTS) is 1. The number of hydrogen-bond acceptors (Lipinski definition) is 5. The molecular formula is C12H18N2O2S2. The van der Waals surface area contributed by atoms with Gasteiger partial charge in [-0.3, -0.25) is 0 Å². The maximum absolute atomic E-state index is 11.0. The van der Waals surface area contributed by atoms with Gasteiger partial charge in [0.2, 0.25) is 0 Å². The van der Waals surface area contributed by atoms with Crippen molar-refractivity contribution in [2.75, 3.05) is 11.6 Å². The van der Waals surface area contributed by atoms with Crippen LogP contribution in [0.5, 0.6) is 0 Å². The van der Waals surface area contributed by atoms with Crippen LogP contribution in [0.15, 0.2) is 0 Å². The Morgan fingerprint density at radius 3 is 2.94 bits per heavy atom. The van der Waals surface area contributed by atoms with E-state index in [-0.39, 0.29) is 0 Å². The highest BCUT2D eigenvalue weighted by Crippen LogP contribution is 2.30. The molecule has 6 heteroatoms. The average Bonchev–Trinajstić information content (AvgIpc) is 2.70. The van der Waals surface area contributed by atoms with Crippen LogP contribution in [-0.2, 0) is 0 Å². The summed E-state index contributed by atoms with van der Waals surface area (Å²) in [5, 5.41) is 13.9. The van der Waals surface area contributed by atoms with Gasteiger partial charge in [-0.1, -0.05) is 17.8 Å². The van der Waals surface area contributed by atoms with Crippen molar-refractivity contribution in [2.24, 2.45) is 0 Å². The molecule has 1 fully saturated rings. The van der Waals surface area contributed by atoms with Crippen LogP contribution in [-0.4, -0.2) is 33.6 Å². The molecule has 2 N–H and O–H groups in total. The minimum atomic E-state index is -0.885. The van der Waals surface area contributed by atoms with E-state index in [1.807, 2.05) is 11.8 Å². The molecule has 1 aliphatic carbocycles. The standard InChI is InChI=1S/C12H18N2O2S2/c1-7-10(11(15)16)18-12(13-7)14-8-4-3-5-9(6-8)17-2/h8-9H,3-6H2,1-2H3,(H,13,14)(H,15,16). The topological polar surface area (TPSA) is 62.2 Å². The van der Waals surface area contributed by atoms with Crippen LogP contribution in [0.1, 0.15) is 41.0 Å². The van der Waals surface area contributed by atoms with E-state index >= 15 is 0 Å². The number of thiazole rings is 1. The number of carbonyl (C=O) groups is 1. The van der Waals surface area contributed by atoms with Crippen molar-refractivity contribution in [1.29, 1.82) is 0 Å². The first-order valence-corrected chi connectivity index (χ1v) is 8.20. The molecule has 0 bridgehead atoms. The normalized spacial score (nSPS) is 23.9. The first-order valence-electron chi connectivity index (χ1n) is 6.10. The van der Waals surface area contributed by atoms with E-state index in [1.54, 1.807) is 6.92 Å². The molecular weight excluding hydrogens is 268 g/mol. The SMILES string of the molecule is CSC1CCCC(Nc2nc(C)c(C(=O)O)s2)C1. The van der Waals surface area contributed by atoms with E-state index in [2.05, 4.69) is 16.6 Å². The molecule has 2 unspecified atom stereocenters. The predicted molar refractivity (Wildman–Crippen MR) is 77.0 cm³/mol. The highest BCUT2D eigenvalue weighted by molar-refractivity contribution is 7.99. The Morgan fingerprint density at radius 1 is 1.56 bits per heavy atom. The molecule has 100 valence electrons. The smallest absolute Gasteiger partial charge is 0.347 e. The Balaban J connectivity index is 2.00. The van der Waals surface area contributed by atoms with E-state index in [0.29, 0.717) is 16.6 Å². The summed E-state index contributed by atoms with van der Waals surface area (Å²) in [6.45, 7) is 1.75. The van der Waals surface area contributed by atoms with Crippen molar-refractivity contribution >= 4 is 34.2 Å². The lowest BCUT2D eigenvalue weighted by atomic mass is 9.95. The van der Waals surface area contributed by atoms with Gasteiger partial charge in [0.05, 0.1) is 5.69 Å². The molecule has 0 amide bonds. The van der Waals surface area contributed by atoms with Gasteiger partial charge in [0.1, 0.15) is 4.88 Å². The van der Waals surface area contributed by atoms with Gasteiger partial charge in [0, 0.05) is 11.3 Å². The molecule has 1 aromatic rings. The summed E-state index contributed by atoms with van der Waals surface area (Å²) in [5.74, 6) is -0.885. The zero-order valence-electron chi connectivity index (χ0n) is 10.6. The number of aromatic carboxylic acids is 1. The highest BCUT2D eigenvalue weighted by atomic mass is 32.2. The third-order valence-electron chi connectivity index (χ3n) is 3.28. The van der Waals surface area contributed by atoms with Gasteiger partial charge in [-0.05, 0) is 32.4 Å². The lowest BCUT2D eigenvalue weighted by Crippen LogP contribution is -2.28. The van der Waals surface area contributed by atoms with Crippen molar-refractivity contribution in [3.8, 4) is 0 Å². The number of aryl methyl sites for hydroxylation is 1. The molecule has 1 aromatic heterocycles. The maximum Gasteiger partial charge on any atom is 0.347 e. The number of nitrogens with one attached hydrogen (secondary N) is 1. The van der Waals surface area contributed by atoms with E-state index in [1.165, 1.54) is 24.2 Å². The van der Waals surface area contributed by atoms with Crippen molar-refractivity contribution < 1.29 is 9.90 Å². The molecule has 0 spiro atoms. The van der Waals surface area contributed by atoms with Crippen molar-refractivity contribution in [3.05, 3.63) is 10.6 Å². The van der Waals surface area contributed by atoms with Crippen LogP contribution >= 0.6 is 23.1 Å². The first-order chi connectivity index (χ1) is 8.60. The van der Waals surface area contributed by atoms with E-state index in [9.17, 15) is 4.79 Å². The van der Waals surface area contributed by atoms with Crippen LogP contribution in [0.2, 0.25) is 0 Å². The van der Waals surface area contributed by atoms with Crippen LogP contribution in [0.3, 0.4) is 0 Å². The maximum atomic E-state index is 11.0. The van der Waals surface area contributed by atoms with Gasteiger partial charge in [-0.2, -0.15) is 11.8 Å². The van der Waals surface area contributed by atoms with Gasteiger partial charge in [0.25, 0.3) is 0 Å². The van der Waals surface area contributed by atoms with Crippen molar-refractivity contribution in [2.45, 2.75) is 43.9 Å². The summed E-state index contributed by atoms with van der Waals surface area (Å²) in [7, 11) is 0. The second-order valence-electron chi connectivity index (χ2n) is 4.60.